The zero-order valence-electron chi connectivity index (χ0n) is 10.9. The molecule has 0 bridgehead atoms. The lowest BCUT2D eigenvalue weighted by Crippen LogP contribution is -2.35. The van der Waals surface area contributed by atoms with Crippen LogP contribution in [0.3, 0.4) is 0 Å². The second-order valence-corrected chi connectivity index (χ2v) is 6.32. The van der Waals surface area contributed by atoms with Crippen molar-refractivity contribution in [1.82, 2.24) is 4.90 Å². The maximum atomic E-state index is 12.7. The summed E-state index contributed by atoms with van der Waals surface area (Å²) in [5.74, 6) is 0.534. The largest absolute Gasteiger partial charge is 0.335 e. The monoisotopic (exact) mass is 338 g/mol. The van der Waals surface area contributed by atoms with Gasteiger partial charge in [0.2, 0.25) is 0 Å². The maximum absolute atomic E-state index is 12.7. The highest BCUT2D eigenvalue weighted by molar-refractivity contribution is 9.10. The van der Waals surface area contributed by atoms with Crippen LogP contribution in [0.1, 0.15) is 36.0 Å². The Balaban J connectivity index is 1.88. The standard InChI is InChI=1S/C14H15BrN2O3/c15-13-11(2-1-3-12(13)17(19)20)14(18)16(10-6-7-10)8-9-4-5-9/h1-3,9-10H,4-8H2. The summed E-state index contributed by atoms with van der Waals surface area (Å²) in [6, 6.07) is 4.96. The van der Waals surface area contributed by atoms with Crippen molar-refractivity contribution in [1.29, 1.82) is 0 Å². The SMILES string of the molecule is O=C(c1cccc([N+](=O)[O-])c1Br)N(CC1CC1)C1CC1. The molecule has 2 fully saturated rings. The van der Waals surface area contributed by atoms with Gasteiger partial charge >= 0.3 is 0 Å². The van der Waals surface area contributed by atoms with E-state index < -0.39 is 4.92 Å². The topological polar surface area (TPSA) is 63.4 Å². The van der Waals surface area contributed by atoms with Gasteiger partial charge in [-0.2, -0.15) is 0 Å². The molecule has 2 aliphatic carbocycles. The number of nitro groups is 1. The average molecular weight is 339 g/mol. The van der Waals surface area contributed by atoms with Crippen molar-refractivity contribution in [3.63, 3.8) is 0 Å². The zero-order valence-corrected chi connectivity index (χ0v) is 12.5. The molecule has 1 aromatic carbocycles. The molecular formula is C14H15BrN2O3. The third kappa shape index (κ3) is 2.70. The quantitative estimate of drug-likeness (QED) is 0.610. The Labute approximate surface area is 125 Å². The minimum atomic E-state index is -0.469. The molecule has 0 radical (unpaired) electrons. The first-order valence-corrected chi connectivity index (χ1v) is 7.61. The summed E-state index contributed by atoms with van der Waals surface area (Å²) >= 11 is 3.21. The maximum Gasteiger partial charge on any atom is 0.284 e. The van der Waals surface area contributed by atoms with E-state index in [1.165, 1.54) is 18.9 Å². The van der Waals surface area contributed by atoms with E-state index in [0.717, 1.165) is 19.4 Å². The van der Waals surface area contributed by atoms with Crippen LogP contribution < -0.4 is 0 Å². The van der Waals surface area contributed by atoms with Gasteiger partial charge in [-0.1, -0.05) is 6.07 Å². The van der Waals surface area contributed by atoms with Crippen molar-refractivity contribution < 1.29 is 9.72 Å². The van der Waals surface area contributed by atoms with Gasteiger partial charge in [0.05, 0.1) is 10.5 Å². The molecule has 0 N–H and O–H groups in total. The van der Waals surface area contributed by atoms with E-state index in [4.69, 9.17) is 0 Å². The zero-order chi connectivity index (χ0) is 14.3. The number of amides is 1. The summed E-state index contributed by atoms with van der Waals surface area (Å²) in [5.41, 5.74) is 0.338. The summed E-state index contributed by atoms with van der Waals surface area (Å²) in [4.78, 5) is 25.0. The number of benzene rings is 1. The Hall–Kier alpha value is -1.43. The van der Waals surface area contributed by atoms with Gasteiger partial charge in [0.15, 0.2) is 0 Å². The number of hydrogen-bond donors (Lipinski definition) is 0. The normalized spacial score (nSPS) is 17.9. The number of carbonyl (C=O) groups is 1. The predicted octanol–water partition coefficient (Wildman–Crippen LogP) is 3.37. The molecule has 1 amide bonds. The van der Waals surface area contributed by atoms with Crippen LogP contribution in [0.25, 0.3) is 0 Å². The van der Waals surface area contributed by atoms with Crippen LogP contribution in [-0.2, 0) is 0 Å². The van der Waals surface area contributed by atoms with E-state index in [2.05, 4.69) is 15.9 Å². The fraction of sp³-hybridized carbons (Fsp3) is 0.500. The molecule has 1 aromatic rings. The molecule has 6 heteroatoms. The van der Waals surface area contributed by atoms with Crippen molar-refractivity contribution in [2.75, 3.05) is 6.54 Å². The van der Waals surface area contributed by atoms with E-state index >= 15 is 0 Å². The predicted molar refractivity (Wildman–Crippen MR) is 77.6 cm³/mol. The van der Waals surface area contributed by atoms with Crippen molar-refractivity contribution >= 4 is 27.5 Å². The lowest BCUT2D eigenvalue weighted by Gasteiger charge is -2.22. The van der Waals surface area contributed by atoms with Gasteiger partial charge in [-0.25, -0.2) is 0 Å². The Morgan fingerprint density at radius 2 is 2.05 bits per heavy atom. The number of nitro benzene ring substituents is 1. The van der Waals surface area contributed by atoms with Gasteiger partial charge in [-0.15, -0.1) is 0 Å². The first kappa shape index (κ1) is 13.5. The van der Waals surface area contributed by atoms with E-state index in [0.29, 0.717) is 17.5 Å². The summed E-state index contributed by atoms with van der Waals surface area (Å²) in [6.07, 6.45) is 4.47. The van der Waals surface area contributed by atoms with E-state index in [9.17, 15) is 14.9 Å². The molecule has 2 saturated carbocycles. The van der Waals surface area contributed by atoms with Crippen molar-refractivity contribution in [3.05, 3.63) is 38.3 Å². The van der Waals surface area contributed by atoms with Gasteiger partial charge in [0.1, 0.15) is 4.47 Å². The lowest BCUT2D eigenvalue weighted by molar-refractivity contribution is -0.385. The molecule has 0 saturated heterocycles. The molecule has 0 spiro atoms. The number of hydrogen-bond acceptors (Lipinski definition) is 3. The van der Waals surface area contributed by atoms with Gasteiger partial charge in [-0.3, -0.25) is 14.9 Å². The number of carbonyl (C=O) groups excluding carboxylic acids is 1. The van der Waals surface area contributed by atoms with Gasteiger partial charge in [0, 0.05) is 18.7 Å². The van der Waals surface area contributed by atoms with Gasteiger partial charge in [-0.05, 0) is 53.6 Å². The molecule has 5 nitrogen and oxygen atoms in total. The van der Waals surface area contributed by atoms with Gasteiger partial charge in [0.25, 0.3) is 11.6 Å². The lowest BCUT2D eigenvalue weighted by atomic mass is 10.1. The van der Waals surface area contributed by atoms with Crippen LogP contribution >= 0.6 is 15.9 Å². The molecule has 20 heavy (non-hydrogen) atoms. The molecule has 3 rings (SSSR count). The molecule has 106 valence electrons. The molecule has 0 aliphatic heterocycles. The minimum Gasteiger partial charge on any atom is -0.335 e. The Morgan fingerprint density at radius 3 is 2.60 bits per heavy atom. The third-order valence-electron chi connectivity index (χ3n) is 3.81. The highest BCUT2D eigenvalue weighted by Gasteiger charge is 2.37. The van der Waals surface area contributed by atoms with Crippen LogP contribution in [-0.4, -0.2) is 28.3 Å². The van der Waals surface area contributed by atoms with Crippen LogP contribution in [0.5, 0.6) is 0 Å². The van der Waals surface area contributed by atoms with E-state index in [1.807, 2.05) is 4.90 Å². The first-order valence-electron chi connectivity index (χ1n) is 6.82. The Bertz CT molecular complexity index is 568. The minimum absolute atomic E-state index is 0.0574. The second kappa shape index (κ2) is 5.16. The van der Waals surface area contributed by atoms with E-state index in [-0.39, 0.29) is 16.1 Å². The molecule has 0 atom stereocenters. The molecular weight excluding hydrogens is 324 g/mol. The van der Waals surface area contributed by atoms with Crippen LogP contribution in [0.4, 0.5) is 5.69 Å². The van der Waals surface area contributed by atoms with Crippen LogP contribution in [0, 0.1) is 16.0 Å². The fourth-order valence-corrected chi connectivity index (χ4v) is 2.92. The highest BCUT2D eigenvalue weighted by atomic mass is 79.9. The highest BCUT2D eigenvalue weighted by Crippen LogP contribution is 2.37. The summed E-state index contributed by atoms with van der Waals surface area (Å²) in [7, 11) is 0. The molecule has 2 aliphatic rings. The van der Waals surface area contributed by atoms with Crippen molar-refractivity contribution in [2.45, 2.75) is 31.7 Å². The molecule has 0 heterocycles. The smallest absolute Gasteiger partial charge is 0.284 e. The first-order chi connectivity index (χ1) is 9.58. The number of rotatable bonds is 5. The summed E-state index contributed by atoms with van der Waals surface area (Å²) in [6.45, 7) is 0.790. The fourth-order valence-electron chi connectivity index (χ4n) is 2.34. The summed E-state index contributed by atoms with van der Waals surface area (Å²) < 4.78 is 0.288. The van der Waals surface area contributed by atoms with Crippen molar-refractivity contribution in [2.24, 2.45) is 5.92 Å². The van der Waals surface area contributed by atoms with Gasteiger partial charge < -0.3 is 4.90 Å². The third-order valence-corrected chi connectivity index (χ3v) is 4.64. The van der Waals surface area contributed by atoms with Crippen LogP contribution in [0.15, 0.2) is 22.7 Å². The molecule has 0 unspecified atom stereocenters. The average Bonchev–Trinajstić information content (AvgIpc) is 3.26. The van der Waals surface area contributed by atoms with Crippen LogP contribution in [0.2, 0.25) is 0 Å². The van der Waals surface area contributed by atoms with E-state index in [1.54, 1.807) is 12.1 Å². The number of halogens is 1. The summed E-state index contributed by atoms with van der Waals surface area (Å²) in [5, 5.41) is 11.0. The Morgan fingerprint density at radius 1 is 1.35 bits per heavy atom. The molecule has 0 aromatic heterocycles. The second-order valence-electron chi connectivity index (χ2n) is 5.53. The Kier molecular flexibility index (Phi) is 3.50. The number of nitrogens with zero attached hydrogens (tertiary/aromatic N) is 2. The van der Waals surface area contributed by atoms with Crippen molar-refractivity contribution in [3.8, 4) is 0 Å².